The molecule has 0 spiro atoms. The molecule has 2 fully saturated rings. The van der Waals surface area contributed by atoms with Gasteiger partial charge in [0.25, 0.3) is 0 Å². The van der Waals surface area contributed by atoms with Crippen LogP contribution < -0.4 is 4.74 Å². The number of Topliss-reactive ketones (excluding diaryl/α,β-unsaturated/α-hetero) is 1. The Kier molecular flexibility index (Phi) is 3.12. The maximum absolute atomic E-state index is 12.8. The largest absolute Gasteiger partial charge is 0.496 e. The minimum absolute atomic E-state index is 0.283. The van der Waals surface area contributed by atoms with Crippen molar-refractivity contribution >= 4 is 5.78 Å². The lowest BCUT2D eigenvalue weighted by Crippen LogP contribution is -2.22. The highest BCUT2D eigenvalue weighted by Crippen LogP contribution is 2.49. The molecule has 3 rings (SSSR count). The molecule has 0 amide bonds. The summed E-state index contributed by atoms with van der Waals surface area (Å²) in [5, 5.41) is 0. The highest BCUT2D eigenvalue weighted by Gasteiger charge is 2.43. The molecular weight excluding hydrogens is 236 g/mol. The Labute approximate surface area is 115 Å². The zero-order valence-electron chi connectivity index (χ0n) is 12.0. The van der Waals surface area contributed by atoms with Crippen molar-refractivity contribution in [3.63, 3.8) is 0 Å². The van der Waals surface area contributed by atoms with Gasteiger partial charge in [0, 0.05) is 11.5 Å². The lowest BCUT2D eigenvalue weighted by atomic mass is 9.82. The summed E-state index contributed by atoms with van der Waals surface area (Å²) in [6.45, 7) is 4.03. The van der Waals surface area contributed by atoms with Gasteiger partial charge in [-0.1, -0.05) is 6.42 Å². The Hall–Kier alpha value is -1.31. The molecule has 19 heavy (non-hydrogen) atoms. The lowest BCUT2D eigenvalue weighted by molar-refractivity contribution is 0.0874. The Morgan fingerprint density at radius 3 is 2.53 bits per heavy atom. The third kappa shape index (κ3) is 2.07. The van der Waals surface area contributed by atoms with E-state index in [0.29, 0.717) is 11.7 Å². The Bertz CT molecular complexity index is 518. The van der Waals surface area contributed by atoms with Crippen LogP contribution in [0.2, 0.25) is 0 Å². The fourth-order valence-corrected chi connectivity index (χ4v) is 4.04. The van der Waals surface area contributed by atoms with E-state index in [-0.39, 0.29) is 5.92 Å². The first kappa shape index (κ1) is 12.7. The predicted molar refractivity (Wildman–Crippen MR) is 75.7 cm³/mol. The van der Waals surface area contributed by atoms with Crippen LogP contribution in [0, 0.1) is 31.6 Å². The minimum Gasteiger partial charge on any atom is -0.496 e. The van der Waals surface area contributed by atoms with E-state index in [2.05, 4.69) is 0 Å². The summed E-state index contributed by atoms with van der Waals surface area (Å²) in [5.41, 5.74) is 3.02. The second-order valence-electron chi connectivity index (χ2n) is 6.28. The average molecular weight is 258 g/mol. The molecule has 2 nitrogen and oxygen atoms in total. The number of carbonyl (C=O) groups is 1. The van der Waals surface area contributed by atoms with E-state index in [1.54, 1.807) is 7.11 Å². The van der Waals surface area contributed by atoms with Crippen LogP contribution >= 0.6 is 0 Å². The van der Waals surface area contributed by atoms with Gasteiger partial charge in [0.2, 0.25) is 0 Å². The van der Waals surface area contributed by atoms with E-state index in [9.17, 15) is 4.79 Å². The fourth-order valence-electron chi connectivity index (χ4n) is 4.04. The van der Waals surface area contributed by atoms with Gasteiger partial charge in [-0.2, -0.15) is 0 Å². The van der Waals surface area contributed by atoms with Gasteiger partial charge in [0.1, 0.15) is 5.75 Å². The van der Waals surface area contributed by atoms with Crippen molar-refractivity contribution in [1.29, 1.82) is 0 Å². The number of hydrogen-bond acceptors (Lipinski definition) is 2. The maximum atomic E-state index is 12.8. The maximum Gasteiger partial charge on any atom is 0.166 e. The molecule has 3 atom stereocenters. The van der Waals surface area contributed by atoms with E-state index >= 15 is 0 Å². The normalized spacial score (nSPS) is 28.7. The number of methoxy groups -OCH3 is 1. The van der Waals surface area contributed by atoms with Crippen molar-refractivity contribution in [1.82, 2.24) is 0 Å². The number of aryl methyl sites for hydroxylation is 2. The molecule has 102 valence electrons. The Morgan fingerprint density at radius 1 is 1.16 bits per heavy atom. The topological polar surface area (TPSA) is 26.3 Å². The zero-order valence-corrected chi connectivity index (χ0v) is 12.0. The van der Waals surface area contributed by atoms with Crippen molar-refractivity contribution < 1.29 is 9.53 Å². The molecule has 2 heteroatoms. The highest BCUT2D eigenvalue weighted by atomic mass is 16.5. The molecule has 0 N–H and O–H groups in total. The summed E-state index contributed by atoms with van der Waals surface area (Å²) in [7, 11) is 1.68. The number of ether oxygens (including phenoxy) is 1. The van der Waals surface area contributed by atoms with Crippen LogP contribution in [0.5, 0.6) is 5.75 Å². The van der Waals surface area contributed by atoms with Gasteiger partial charge in [-0.15, -0.1) is 0 Å². The summed E-state index contributed by atoms with van der Waals surface area (Å²) in [4.78, 5) is 12.8. The third-order valence-corrected chi connectivity index (χ3v) is 5.08. The van der Waals surface area contributed by atoms with E-state index in [1.807, 2.05) is 26.0 Å². The number of benzene rings is 1. The SMILES string of the molecule is COc1cc(C)c(C(=O)C2CC3CCC2C3)cc1C. The molecule has 1 aromatic rings. The number of ketones is 1. The first-order chi connectivity index (χ1) is 9.10. The van der Waals surface area contributed by atoms with Crippen LogP contribution in [-0.4, -0.2) is 12.9 Å². The third-order valence-electron chi connectivity index (χ3n) is 5.08. The smallest absolute Gasteiger partial charge is 0.166 e. The fraction of sp³-hybridized carbons (Fsp3) is 0.588. The zero-order chi connectivity index (χ0) is 13.6. The van der Waals surface area contributed by atoms with Crippen LogP contribution in [0.1, 0.15) is 47.2 Å². The molecule has 0 radical (unpaired) electrons. The second-order valence-corrected chi connectivity index (χ2v) is 6.28. The molecule has 1 aromatic carbocycles. The molecule has 0 heterocycles. The van der Waals surface area contributed by atoms with Gasteiger partial charge < -0.3 is 4.74 Å². The number of carbonyl (C=O) groups excluding carboxylic acids is 1. The second kappa shape index (κ2) is 4.66. The van der Waals surface area contributed by atoms with Gasteiger partial charge in [0.05, 0.1) is 7.11 Å². The monoisotopic (exact) mass is 258 g/mol. The first-order valence-corrected chi connectivity index (χ1v) is 7.29. The number of rotatable bonds is 3. The lowest BCUT2D eigenvalue weighted by Gasteiger charge is -2.21. The number of hydrogen-bond donors (Lipinski definition) is 0. The first-order valence-electron chi connectivity index (χ1n) is 7.29. The summed E-state index contributed by atoms with van der Waals surface area (Å²) in [5.74, 6) is 3.00. The molecule has 2 aliphatic carbocycles. The van der Waals surface area contributed by atoms with Gasteiger partial charge in [-0.25, -0.2) is 0 Å². The molecule has 2 aliphatic rings. The van der Waals surface area contributed by atoms with E-state index in [4.69, 9.17) is 4.74 Å². The standard InChI is InChI=1S/C17H22O2/c1-10-7-16(19-3)11(2)6-14(10)17(18)15-9-12-4-5-13(15)8-12/h6-7,12-13,15H,4-5,8-9H2,1-3H3. The number of fused-ring (bicyclic) bond motifs is 2. The summed E-state index contributed by atoms with van der Waals surface area (Å²) < 4.78 is 5.32. The van der Waals surface area contributed by atoms with Crippen LogP contribution in [0.3, 0.4) is 0 Å². The van der Waals surface area contributed by atoms with Crippen LogP contribution in [0.25, 0.3) is 0 Å². The van der Waals surface area contributed by atoms with Gasteiger partial charge in [-0.3, -0.25) is 4.79 Å². The van der Waals surface area contributed by atoms with E-state index in [1.165, 1.54) is 19.3 Å². The van der Waals surface area contributed by atoms with E-state index in [0.717, 1.165) is 34.8 Å². The molecule has 0 aromatic heterocycles. The van der Waals surface area contributed by atoms with Crippen LogP contribution in [0.4, 0.5) is 0 Å². The van der Waals surface area contributed by atoms with Crippen molar-refractivity contribution in [2.75, 3.05) is 7.11 Å². The Morgan fingerprint density at radius 2 is 1.95 bits per heavy atom. The van der Waals surface area contributed by atoms with E-state index < -0.39 is 0 Å². The van der Waals surface area contributed by atoms with Gasteiger partial charge in [0.15, 0.2) is 5.78 Å². The molecular formula is C17H22O2. The van der Waals surface area contributed by atoms with Crippen molar-refractivity contribution in [2.45, 2.75) is 39.5 Å². The predicted octanol–water partition coefficient (Wildman–Crippen LogP) is 3.93. The molecule has 3 unspecified atom stereocenters. The van der Waals surface area contributed by atoms with Crippen molar-refractivity contribution in [3.8, 4) is 5.75 Å². The Balaban J connectivity index is 1.90. The summed E-state index contributed by atoms with van der Waals surface area (Å²) in [6.07, 6.45) is 5.00. The molecule has 2 bridgehead atoms. The van der Waals surface area contributed by atoms with Gasteiger partial charge >= 0.3 is 0 Å². The molecule has 0 saturated heterocycles. The highest BCUT2D eigenvalue weighted by molar-refractivity contribution is 6.00. The minimum atomic E-state index is 0.283. The summed E-state index contributed by atoms with van der Waals surface area (Å²) >= 11 is 0. The average Bonchev–Trinajstić information content (AvgIpc) is 3.02. The summed E-state index contributed by atoms with van der Waals surface area (Å²) in [6, 6.07) is 4.01. The van der Waals surface area contributed by atoms with Crippen LogP contribution in [-0.2, 0) is 0 Å². The van der Waals surface area contributed by atoms with Crippen molar-refractivity contribution in [3.05, 3.63) is 28.8 Å². The van der Waals surface area contributed by atoms with Crippen molar-refractivity contribution in [2.24, 2.45) is 17.8 Å². The van der Waals surface area contributed by atoms with Crippen LogP contribution in [0.15, 0.2) is 12.1 Å². The molecule has 2 saturated carbocycles. The van der Waals surface area contributed by atoms with Gasteiger partial charge in [-0.05, 0) is 68.2 Å². The molecule has 0 aliphatic heterocycles. The quantitative estimate of drug-likeness (QED) is 0.768.